The van der Waals surface area contributed by atoms with Gasteiger partial charge in [0.05, 0.1) is 11.8 Å². The van der Waals surface area contributed by atoms with Gasteiger partial charge in [-0.05, 0) is 91.8 Å². The van der Waals surface area contributed by atoms with Gasteiger partial charge in [-0.15, -0.1) is 0 Å². The zero-order valence-corrected chi connectivity index (χ0v) is 24.7. The molecule has 5 rings (SSSR count). The van der Waals surface area contributed by atoms with Crippen molar-refractivity contribution in [3.05, 3.63) is 70.3 Å². The Balaban J connectivity index is 1.53. The summed E-state index contributed by atoms with van der Waals surface area (Å²) >= 11 is 6.30. The third kappa shape index (κ3) is 6.48. The number of carbonyl (C=O) groups is 1. The minimum Gasteiger partial charge on any atom is -0.487 e. The van der Waals surface area contributed by atoms with Crippen molar-refractivity contribution in [2.45, 2.75) is 51.2 Å². The van der Waals surface area contributed by atoms with Crippen molar-refractivity contribution in [1.82, 2.24) is 9.03 Å². The van der Waals surface area contributed by atoms with Crippen molar-refractivity contribution in [1.29, 1.82) is 0 Å². The zero-order chi connectivity index (χ0) is 28.3. The number of anilines is 1. The second-order valence-electron chi connectivity index (χ2n) is 11.0. The molecule has 3 aliphatic rings. The van der Waals surface area contributed by atoms with Crippen LogP contribution in [0, 0.1) is 11.8 Å². The van der Waals surface area contributed by atoms with Crippen LogP contribution < -0.4 is 14.4 Å². The Bertz CT molecular complexity index is 1370. The van der Waals surface area contributed by atoms with Crippen LogP contribution in [0.25, 0.3) is 0 Å². The van der Waals surface area contributed by atoms with E-state index in [0.717, 1.165) is 56.4 Å². The highest BCUT2D eigenvalue weighted by atomic mass is 35.5. The molecule has 0 aromatic heterocycles. The van der Waals surface area contributed by atoms with Gasteiger partial charge in [0.1, 0.15) is 12.4 Å². The molecule has 1 N–H and O–H groups in total. The van der Waals surface area contributed by atoms with Crippen molar-refractivity contribution in [2.24, 2.45) is 11.8 Å². The predicted molar refractivity (Wildman–Crippen MR) is 157 cm³/mol. The number of carbonyl (C=O) groups excluding carboxylic acids is 1. The van der Waals surface area contributed by atoms with E-state index in [1.807, 2.05) is 24.3 Å². The van der Waals surface area contributed by atoms with E-state index in [0.29, 0.717) is 35.6 Å². The number of rotatable bonds is 1. The first-order chi connectivity index (χ1) is 19.2. The Kier molecular flexibility index (Phi) is 9.05. The van der Waals surface area contributed by atoms with Gasteiger partial charge in [0, 0.05) is 44.4 Å². The van der Waals surface area contributed by atoms with Gasteiger partial charge >= 0.3 is 10.2 Å². The average Bonchev–Trinajstić information content (AvgIpc) is 2.94. The molecule has 0 radical (unpaired) electrons. The first kappa shape index (κ1) is 28.9. The lowest BCUT2D eigenvalue weighted by atomic mass is 9.70. The second-order valence-corrected chi connectivity index (χ2v) is 13.2. The Morgan fingerprint density at radius 1 is 1.07 bits per heavy atom. The molecule has 10 heteroatoms. The molecule has 2 aromatic rings. The summed E-state index contributed by atoms with van der Waals surface area (Å²) in [4.78, 5) is 15.5. The van der Waals surface area contributed by atoms with Gasteiger partial charge in [0.2, 0.25) is 0 Å². The summed E-state index contributed by atoms with van der Waals surface area (Å²) < 4.78 is 41.4. The van der Waals surface area contributed by atoms with E-state index < -0.39 is 16.1 Å². The van der Waals surface area contributed by atoms with Crippen LogP contribution in [0.3, 0.4) is 0 Å². The molecule has 2 aliphatic heterocycles. The maximum atomic E-state index is 13.2. The van der Waals surface area contributed by atoms with Gasteiger partial charge in [-0.2, -0.15) is 12.7 Å². The Labute approximate surface area is 242 Å². The second kappa shape index (κ2) is 12.5. The molecule has 40 heavy (non-hydrogen) atoms. The van der Waals surface area contributed by atoms with Crippen molar-refractivity contribution < 1.29 is 22.7 Å². The highest BCUT2D eigenvalue weighted by Crippen LogP contribution is 2.41. The first-order valence-electron chi connectivity index (χ1n) is 14.0. The number of nitrogens with zero attached hydrogens (tertiary/aromatic N) is 2. The average molecular weight is 588 g/mol. The van der Waals surface area contributed by atoms with Crippen LogP contribution in [-0.2, 0) is 28.0 Å². The van der Waals surface area contributed by atoms with Crippen molar-refractivity contribution in [3.8, 4) is 5.75 Å². The number of hydrogen-bond donors (Lipinski definition) is 1. The SMILES string of the molecule is COC1/C=C/CCN(C)S(=O)(=O)NC(=O)c2ccc3c(c2)N(CCCCc2cc(Cl)ccc2CO3)C[C@@H]2CC[C@@H]12. The lowest BCUT2D eigenvalue weighted by molar-refractivity contribution is 0.0134. The highest BCUT2D eigenvalue weighted by Gasteiger charge is 2.37. The largest absolute Gasteiger partial charge is 0.487 e. The van der Waals surface area contributed by atoms with Gasteiger partial charge in [0.25, 0.3) is 5.91 Å². The van der Waals surface area contributed by atoms with Crippen LogP contribution in [0.1, 0.15) is 53.6 Å². The van der Waals surface area contributed by atoms with Crippen molar-refractivity contribution in [2.75, 3.05) is 38.7 Å². The van der Waals surface area contributed by atoms with E-state index in [1.54, 1.807) is 25.3 Å². The molecular formula is C30H38ClN3O5S. The molecule has 1 unspecified atom stereocenters. The topological polar surface area (TPSA) is 88.2 Å². The van der Waals surface area contributed by atoms with Crippen LogP contribution in [0.4, 0.5) is 5.69 Å². The fourth-order valence-electron chi connectivity index (χ4n) is 5.87. The first-order valence-corrected chi connectivity index (χ1v) is 15.8. The van der Waals surface area contributed by atoms with E-state index in [4.69, 9.17) is 21.1 Å². The molecule has 2 aromatic carbocycles. The standard InChI is InChI=1S/C30H38ClN3O5S/c1-33-15-5-4-8-28(38-2)26-13-10-23(26)19-34-16-6-3-7-21-17-25(31)12-9-24(21)20-39-29-14-11-22(18-27(29)34)30(35)32-40(33,36)37/h4,8-9,11-12,14,17-18,23,26,28H,3,5-7,10,13,15-16,19-20H2,1-2H3,(H,32,35)/b8-4+/t23-,26+,28?/m0/s1. The maximum Gasteiger partial charge on any atom is 0.303 e. The molecule has 2 heterocycles. The van der Waals surface area contributed by atoms with Gasteiger partial charge < -0.3 is 14.4 Å². The van der Waals surface area contributed by atoms with E-state index >= 15 is 0 Å². The van der Waals surface area contributed by atoms with Crippen LogP contribution in [-0.4, -0.2) is 58.5 Å². The minimum absolute atomic E-state index is 0.0292. The predicted octanol–water partition coefficient (Wildman–Crippen LogP) is 4.97. The Hall–Kier alpha value is -2.59. The molecule has 0 spiro atoms. The summed E-state index contributed by atoms with van der Waals surface area (Å²) in [6.07, 6.45) is 9.57. The van der Waals surface area contributed by atoms with Crippen LogP contribution in [0.15, 0.2) is 48.6 Å². The van der Waals surface area contributed by atoms with Crippen LogP contribution in [0.2, 0.25) is 5.02 Å². The molecule has 0 saturated heterocycles. The number of fused-ring (bicyclic) bond motifs is 3. The molecule has 1 aliphatic carbocycles. The van der Waals surface area contributed by atoms with E-state index in [9.17, 15) is 13.2 Å². The third-order valence-electron chi connectivity index (χ3n) is 8.43. The molecule has 1 saturated carbocycles. The number of halogens is 1. The van der Waals surface area contributed by atoms with Crippen LogP contribution in [0.5, 0.6) is 5.75 Å². The number of nitrogens with one attached hydrogen (secondary N) is 1. The number of amides is 1. The number of hydrogen-bond acceptors (Lipinski definition) is 6. The fraction of sp³-hybridized carbons (Fsp3) is 0.500. The maximum absolute atomic E-state index is 13.2. The van der Waals surface area contributed by atoms with Crippen molar-refractivity contribution in [3.63, 3.8) is 0 Å². The monoisotopic (exact) mass is 587 g/mol. The normalized spacial score (nSPS) is 26.6. The smallest absolute Gasteiger partial charge is 0.303 e. The van der Waals surface area contributed by atoms with Gasteiger partial charge in [-0.25, -0.2) is 4.72 Å². The van der Waals surface area contributed by atoms with Crippen LogP contribution >= 0.6 is 11.6 Å². The quantitative estimate of drug-likeness (QED) is 0.474. The van der Waals surface area contributed by atoms with Gasteiger partial charge in [0.15, 0.2) is 0 Å². The fourth-order valence-corrected chi connectivity index (χ4v) is 6.92. The molecule has 3 atom stereocenters. The van der Waals surface area contributed by atoms with Gasteiger partial charge in [-0.3, -0.25) is 4.79 Å². The summed E-state index contributed by atoms with van der Waals surface area (Å²) in [6, 6.07) is 11.1. The zero-order valence-electron chi connectivity index (χ0n) is 23.1. The molecular weight excluding hydrogens is 550 g/mol. The number of benzene rings is 2. The number of aryl methyl sites for hydroxylation is 1. The Morgan fingerprint density at radius 3 is 2.70 bits per heavy atom. The van der Waals surface area contributed by atoms with E-state index in [1.165, 1.54) is 16.9 Å². The summed E-state index contributed by atoms with van der Waals surface area (Å²) in [5, 5.41) is 0.716. The summed E-state index contributed by atoms with van der Waals surface area (Å²) in [5.41, 5.74) is 3.35. The number of methoxy groups -OCH3 is 1. The highest BCUT2D eigenvalue weighted by molar-refractivity contribution is 7.87. The minimum atomic E-state index is -4.00. The van der Waals surface area contributed by atoms with E-state index in [2.05, 4.69) is 15.7 Å². The van der Waals surface area contributed by atoms with E-state index in [-0.39, 0.29) is 18.2 Å². The lowest BCUT2D eigenvalue weighted by Crippen LogP contribution is -2.44. The molecule has 1 fully saturated rings. The molecule has 216 valence electrons. The molecule has 8 nitrogen and oxygen atoms in total. The third-order valence-corrected chi connectivity index (χ3v) is 10.1. The molecule has 2 bridgehead atoms. The van der Waals surface area contributed by atoms with Crippen molar-refractivity contribution >= 4 is 33.4 Å². The lowest BCUT2D eigenvalue weighted by Gasteiger charge is -2.43. The summed E-state index contributed by atoms with van der Waals surface area (Å²) in [7, 11) is -0.792. The number of ether oxygens (including phenoxy) is 2. The summed E-state index contributed by atoms with van der Waals surface area (Å²) in [5.74, 6) is 0.806. The molecule has 1 amide bonds. The summed E-state index contributed by atoms with van der Waals surface area (Å²) in [6.45, 7) is 2.22. The Morgan fingerprint density at radius 2 is 1.93 bits per heavy atom. The van der Waals surface area contributed by atoms with Gasteiger partial charge in [-0.1, -0.05) is 29.8 Å².